The Kier molecular flexibility index (Phi) is 4.11. The summed E-state index contributed by atoms with van der Waals surface area (Å²) in [6, 6.07) is 11.9. The van der Waals surface area contributed by atoms with Gasteiger partial charge in [-0.05, 0) is 23.8 Å². The Bertz CT molecular complexity index is 908. The molecule has 116 valence electrons. The van der Waals surface area contributed by atoms with Crippen LogP contribution in [-0.2, 0) is 6.42 Å². The van der Waals surface area contributed by atoms with Crippen molar-refractivity contribution in [3.8, 4) is 5.75 Å². The van der Waals surface area contributed by atoms with Crippen LogP contribution in [0.15, 0.2) is 42.5 Å². The Morgan fingerprint density at radius 3 is 2.43 bits per heavy atom. The molecular weight excluding hydrogens is 337 g/mol. The maximum absolute atomic E-state index is 11.5. The highest BCUT2D eigenvalue weighted by Crippen LogP contribution is 2.33. The summed E-state index contributed by atoms with van der Waals surface area (Å²) in [6.07, 6.45) is 0.268. The molecule has 23 heavy (non-hydrogen) atoms. The smallest absolute Gasteiger partial charge is 0.340 e. The number of benzene rings is 2. The van der Waals surface area contributed by atoms with Crippen LogP contribution in [0.4, 0.5) is 0 Å². The molecule has 0 aliphatic carbocycles. The molecule has 0 saturated heterocycles. The monoisotopic (exact) mass is 347 g/mol. The van der Waals surface area contributed by atoms with E-state index in [4.69, 9.17) is 23.2 Å². The number of hydrogen-bond donors (Lipinski definition) is 2. The molecule has 0 fully saturated rings. The van der Waals surface area contributed by atoms with E-state index in [0.717, 1.165) is 5.56 Å². The number of carboxylic acid groups (broad SMARTS) is 1. The normalized spacial score (nSPS) is 10.9. The molecule has 1 aromatic heterocycles. The van der Waals surface area contributed by atoms with E-state index in [-0.39, 0.29) is 23.4 Å². The fraction of sp³-hybridized carbons (Fsp3) is 0.0588. The van der Waals surface area contributed by atoms with Gasteiger partial charge in [0.25, 0.3) is 0 Å². The second-order valence-corrected chi connectivity index (χ2v) is 5.87. The van der Waals surface area contributed by atoms with Crippen LogP contribution in [0.5, 0.6) is 5.75 Å². The molecule has 0 aliphatic rings. The fourth-order valence-corrected chi connectivity index (χ4v) is 2.77. The summed E-state index contributed by atoms with van der Waals surface area (Å²) in [7, 11) is 0. The number of carboxylic acids is 1. The van der Waals surface area contributed by atoms with Gasteiger partial charge in [-0.3, -0.25) is 0 Å². The van der Waals surface area contributed by atoms with Gasteiger partial charge in [0.05, 0.1) is 16.2 Å². The van der Waals surface area contributed by atoms with Crippen LogP contribution in [0.1, 0.15) is 21.6 Å². The minimum Gasteiger partial charge on any atom is -0.505 e. The van der Waals surface area contributed by atoms with Gasteiger partial charge in [0.1, 0.15) is 5.56 Å². The van der Waals surface area contributed by atoms with E-state index >= 15 is 0 Å². The van der Waals surface area contributed by atoms with Gasteiger partial charge < -0.3 is 10.2 Å². The van der Waals surface area contributed by atoms with Crippen LogP contribution < -0.4 is 0 Å². The first-order valence-corrected chi connectivity index (χ1v) is 7.50. The van der Waals surface area contributed by atoms with E-state index in [9.17, 15) is 15.0 Å². The summed E-state index contributed by atoms with van der Waals surface area (Å²) in [6.45, 7) is 0. The molecule has 0 aliphatic heterocycles. The number of pyridine rings is 1. The topological polar surface area (TPSA) is 70.4 Å². The molecule has 0 bridgehead atoms. The third-order valence-corrected chi connectivity index (χ3v) is 4.07. The van der Waals surface area contributed by atoms with Gasteiger partial charge in [0.15, 0.2) is 5.75 Å². The van der Waals surface area contributed by atoms with Crippen LogP contribution in [0.3, 0.4) is 0 Å². The second kappa shape index (κ2) is 6.07. The quantitative estimate of drug-likeness (QED) is 0.729. The van der Waals surface area contributed by atoms with Crippen molar-refractivity contribution in [2.75, 3.05) is 0 Å². The lowest BCUT2D eigenvalue weighted by atomic mass is 10.0. The van der Waals surface area contributed by atoms with Crippen molar-refractivity contribution >= 4 is 40.1 Å². The van der Waals surface area contributed by atoms with Crippen LogP contribution in [0, 0.1) is 0 Å². The zero-order chi connectivity index (χ0) is 16.6. The maximum atomic E-state index is 11.5. The molecule has 0 radical (unpaired) electrons. The second-order valence-electron chi connectivity index (χ2n) is 5.03. The standard InChI is InChI=1S/C17H11Cl2NO3/c18-10-6-4-9(5-7-10)8-13-16(21)14(17(22)23)11-2-1-3-12(19)15(11)20-13/h1-7,21H,8H2,(H,22,23). The Labute approximate surface area is 141 Å². The largest absolute Gasteiger partial charge is 0.505 e. The zero-order valence-electron chi connectivity index (χ0n) is 11.8. The highest BCUT2D eigenvalue weighted by Gasteiger charge is 2.21. The average Bonchev–Trinajstić information content (AvgIpc) is 2.51. The van der Waals surface area contributed by atoms with E-state index in [1.165, 1.54) is 0 Å². The van der Waals surface area contributed by atoms with Crippen molar-refractivity contribution < 1.29 is 15.0 Å². The number of aromatic carboxylic acids is 1. The highest BCUT2D eigenvalue weighted by molar-refractivity contribution is 6.35. The molecule has 0 unspecified atom stereocenters. The van der Waals surface area contributed by atoms with Gasteiger partial charge in [-0.1, -0.05) is 47.5 Å². The van der Waals surface area contributed by atoms with Crippen molar-refractivity contribution in [1.29, 1.82) is 0 Å². The van der Waals surface area contributed by atoms with Crippen molar-refractivity contribution in [2.24, 2.45) is 0 Å². The van der Waals surface area contributed by atoms with Gasteiger partial charge in [-0.2, -0.15) is 0 Å². The number of carbonyl (C=O) groups is 1. The van der Waals surface area contributed by atoms with Crippen LogP contribution in [0.2, 0.25) is 10.0 Å². The predicted octanol–water partition coefficient (Wildman–Crippen LogP) is 4.54. The lowest BCUT2D eigenvalue weighted by molar-refractivity contribution is 0.0695. The molecule has 6 heteroatoms. The summed E-state index contributed by atoms with van der Waals surface area (Å²) in [4.78, 5) is 15.9. The van der Waals surface area contributed by atoms with Gasteiger partial charge in [0, 0.05) is 16.8 Å². The summed E-state index contributed by atoms with van der Waals surface area (Å²) in [5.41, 5.74) is 1.26. The molecule has 2 N–H and O–H groups in total. The van der Waals surface area contributed by atoms with E-state index in [1.54, 1.807) is 42.5 Å². The van der Waals surface area contributed by atoms with E-state index < -0.39 is 5.97 Å². The average molecular weight is 348 g/mol. The lowest BCUT2D eigenvalue weighted by Gasteiger charge is -2.11. The van der Waals surface area contributed by atoms with Gasteiger partial charge in [-0.25, -0.2) is 9.78 Å². The van der Waals surface area contributed by atoms with Crippen molar-refractivity contribution in [3.63, 3.8) is 0 Å². The van der Waals surface area contributed by atoms with Crippen LogP contribution in [0.25, 0.3) is 10.9 Å². The first-order chi connectivity index (χ1) is 11.0. The molecule has 2 aromatic carbocycles. The molecule has 4 nitrogen and oxygen atoms in total. The van der Waals surface area contributed by atoms with Crippen LogP contribution in [-0.4, -0.2) is 21.2 Å². The van der Waals surface area contributed by atoms with E-state index in [2.05, 4.69) is 4.98 Å². The first-order valence-electron chi connectivity index (χ1n) is 6.75. The summed E-state index contributed by atoms with van der Waals surface area (Å²) < 4.78 is 0. The highest BCUT2D eigenvalue weighted by atomic mass is 35.5. The molecule has 3 aromatic rings. The number of para-hydroxylation sites is 1. The van der Waals surface area contributed by atoms with E-state index in [1.807, 2.05) is 0 Å². The number of rotatable bonds is 3. The third kappa shape index (κ3) is 2.96. The van der Waals surface area contributed by atoms with Crippen LogP contribution >= 0.6 is 23.2 Å². The number of hydrogen-bond acceptors (Lipinski definition) is 3. The molecule has 0 atom stereocenters. The number of halogens is 2. The summed E-state index contributed by atoms with van der Waals surface area (Å²) in [5, 5.41) is 21.0. The van der Waals surface area contributed by atoms with Gasteiger partial charge in [-0.15, -0.1) is 0 Å². The lowest BCUT2D eigenvalue weighted by Crippen LogP contribution is -2.04. The zero-order valence-corrected chi connectivity index (χ0v) is 13.3. The number of nitrogens with zero attached hydrogens (tertiary/aromatic N) is 1. The first kappa shape index (κ1) is 15.6. The van der Waals surface area contributed by atoms with Crippen molar-refractivity contribution in [2.45, 2.75) is 6.42 Å². The molecule has 0 spiro atoms. The molecule has 1 heterocycles. The SMILES string of the molecule is O=C(O)c1c(O)c(Cc2ccc(Cl)cc2)nc2c(Cl)cccc12. The molecule has 0 saturated carbocycles. The fourth-order valence-electron chi connectivity index (χ4n) is 2.43. The number of fused-ring (bicyclic) bond motifs is 1. The third-order valence-electron chi connectivity index (χ3n) is 3.51. The summed E-state index contributed by atoms with van der Waals surface area (Å²) in [5.74, 6) is -1.57. The van der Waals surface area contributed by atoms with Crippen molar-refractivity contribution in [3.05, 3.63) is 69.3 Å². The minimum absolute atomic E-state index is 0.193. The van der Waals surface area contributed by atoms with E-state index in [0.29, 0.717) is 20.9 Å². The molecule has 0 amide bonds. The Morgan fingerprint density at radius 2 is 1.78 bits per heavy atom. The Morgan fingerprint density at radius 1 is 1.09 bits per heavy atom. The Balaban J connectivity index is 2.20. The molecule has 3 rings (SSSR count). The number of aromatic nitrogens is 1. The predicted molar refractivity (Wildman–Crippen MR) is 89.6 cm³/mol. The summed E-state index contributed by atoms with van der Waals surface area (Å²) >= 11 is 12.0. The minimum atomic E-state index is -1.23. The van der Waals surface area contributed by atoms with Gasteiger partial charge >= 0.3 is 5.97 Å². The molecular formula is C17H11Cl2NO3. The van der Waals surface area contributed by atoms with Crippen molar-refractivity contribution in [1.82, 2.24) is 4.98 Å². The maximum Gasteiger partial charge on any atom is 0.340 e. The number of aromatic hydroxyl groups is 1. The van der Waals surface area contributed by atoms with Gasteiger partial charge in [0.2, 0.25) is 0 Å². The Hall–Kier alpha value is -2.30.